The number of unbranched alkanes of at least 4 members (excludes halogenated alkanes) is 1. The van der Waals surface area contributed by atoms with Crippen LogP contribution in [-0.2, 0) is 21.7 Å². The summed E-state index contributed by atoms with van der Waals surface area (Å²) in [7, 11) is 0. The maximum absolute atomic E-state index is 3.60. The van der Waals surface area contributed by atoms with Crippen LogP contribution in [0.4, 0.5) is 0 Å². The topological polar surface area (TPSA) is 0 Å². The minimum atomic E-state index is 0. The van der Waals surface area contributed by atoms with Crippen LogP contribution in [0.3, 0.4) is 0 Å². The number of hydrogen-bond donors (Lipinski definition) is 0. The summed E-state index contributed by atoms with van der Waals surface area (Å²) in [6.45, 7) is 5.72. The van der Waals surface area contributed by atoms with Crippen molar-refractivity contribution < 1.29 is 40.6 Å². The van der Waals surface area contributed by atoms with Gasteiger partial charge in [0.2, 0.25) is 0 Å². The maximum Gasteiger partial charge on any atom is 1.00 e. The Hall–Kier alpha value is 2.47. The first kappa shape index (κ1) is 54.8. The first-order chi connectivity index (χ1) is 1.91. The van der Waals surface area contributed by atoms with Crippen LogP contribution in [0.2, 0.25) is 0 Å². The van der Waals surface area contributed by atoms with Gasteiger partial charge in [0.1, 0.15) is 0 Å². The number of rotatable bonds is 1. The van der Waals surface area contributed by atoms with Gasteiger partial charge in [-0.1, -0.05) is 13.3 Å². The second kappa shape index (κ2) is 62.9. The van der Waals surface area contributed by atoms with Gasteiger partial charge in [0.15, 0.2) is 0 Å². The Morgan fingerprint density at radius 3 is 1.10 bits per heavy atom. The molecule has 0 amide bonds. The summed E-state index contributed by atoms with van der Waals surface area (Å²) >= 11 is 0. The first-order valence-corrected chi connectivity index (χ1v) is 1.71. The van der Waals surface area contributed by atoms with E-state index in [0.717, 1.165) is 6.42 Å². The van der Waals surface area contributed by atoms with E-state index >= 15 is 0 Å². The van der Waals surface area contributed by atoms with Crippen LogP contribution in [0.5, 0.6) is 0 Å². The zero-order chi connectivity index (χ0) is 3.41. The molecule has 0 aromatic heterocycles. The number of hydrogen-bond acceptors (Lipinski definition) is 0. The molecular weight excluding hydrogens is 245 g/mol. The van der Waals surface area contributed by atoms with Gasteiger partial charge < -0.3 is 6.92 Å². The Kier molecular flexibility index (Phi) is 345. The van der Waals surface area contributed by atoms with Crippen molar-refractivity contribution in [2.24, 2.45) is 0 Å². The van der Waals surface area contributed by atoms with Crippen molar-refractivity contribution in [1.29, 1.82) is 0 Å². The molecule has 0 bridgehead atoms. The summed E-state index contributed by atoms with van der Waals surface area (Å²) in [6.07, 6.45) is 2.28. The van der Waals surface area contributed by atoms with Crippen molar-refractivity contribution in [2.75, 3.05) is 0 Å². The zero-order valence-electron chi connectivity index (χ0n) is 6.25. The smallest absolute Gasteiger partial charge is 0.343 e. The van der Waals surface area contributed by atoms with Crippen LogP contribution in [0, 0.1) is 6.92 Å². The molecular formula is C4H13Cl4LiTi. The third-order valence-electron chi connectivity index (χ3n) is 0.354. The Labute approximate surface area is 116 Å². The fourth-order valence-electron chi connectivity index (χ4n) is 0. The molecule has 0 fully saturated rings. The Balaban J connectivity index is -0.00000000300. The van der Waals surface area contributed by atoms with Gasteiger partial charge in [-0.3, -0.25) is 0 Å². The molecule has 0 atom stereocenters. The molecule has 0 nitrogen and oxygen atoms in total. The monoisotopic (exact) mass is 256 g/mol. The molecule has 0 aromatic carbocycles. The summed E-state index contributed by atoms with van der Waals surface area (Å²) in [5, 5.41) is 0. The minimum Gasteiger partial charge on any atom is -0.343 e. The van der Waals surface area contributed by atoms with E-state index < -0.39 is 0 Å². The number of halogens is 4. The van der Waals surface area contributed by atoms with E-state index in [1.807, 2.05) is 0 Å². The van der Waals surface area contributed by atoms with Crippen molar-refractivity contribution in [3.63, 3.8) is 0 Å². The maximum atomic E-state index is 3.60. The van der Waals surface area contributed by atoms with Crippen molar-refractivity contribution in [1.82, 2.24) is 0 Å². The van der Waals surface area contributed by atoms with Crippen molar-refractivity contribution in [2.45, 2.75) is 19.8 Å². The van der Waals surface area contributed by atoms with Gasteiger partial charge >= 0.3 is 18.9 Å². The Morgan fingerprint density at radius 1 is 1.00 bits per heavy atom. The molecule has 0 saturated carbocycles. The van der Waals surface area contributed by atoms with Crippen LogP contribution in [0.15, 0.2) is 0 Å². The quantitative estimate of drug-likeness (QED) is 0.469. The molecule has 0 aliphatic rings. The van der Waals surface area contributed by atoms with Crippen molar-refractivity contribution in [3.05, 3.63) is 6.92 Å². The third kappa shape index (κ3) is 77.9. The molecule has 0 aliphatic heterocycles. The Morgan fingerprint density at radius 2 is 1.10 bits per heavy atom. The molecule has 10 heavy (non-hydrogen) atoms. The molecule has 0 rings (SSSR count). The van der Waals surface area contributed by atoms with Crippen LogP contribution in [0.1, 0.15) is 19.8 Å². The Bertz CT molecular complexity index is 19.2. The molecule has 0 radical (unpaired) electrons. The largest absolute Gasteiger partial charge is 1.00 e. The predicted molar refractivity (Wildman–Crippen MR) is 49.3 cm³/mol. The van der Waals surface area contributed by atoms with Gasteiger partial charge in [0, 0.05) is 21.7 Å². The van der Waals surface area contributed by atoms with E-state index in [-0.39, 0.29) is 90.2 Å². The van der Waals surface area contributed by atoms with E-state index in [4.69, 9.17) is 0 Å². The summed E-state index contributed by atoms with van der Waals surface area (Å²) in [5.41, 5.74) is 0. The van der Waals surface area contributed by atoms with Gasteiger partial charge in [-0.2, -0.15) is 6.42 Å². The van der Waals surface area contributed by atoms with Gasteiger partial charge in [-0.05, 0) is 0 Å². The van der Waals surface area contributed by atoms with Crippen molar-refractivity contribution >= 4 is 49.6 Å². The van der Waals surface area contributed by atoms with E-state index in [1.165, 1.54) is 6.42 Å². The molecule has 0 aromatic rings. The SMILES string of the molecule is Cl.Cl.Cl.Cl.[CH2-]CCC.[Li+].[Ti]. The molecule has 62 valence electrons. The van der Waals surface area contributed by atoms with E-state index in [0.29, 0.717) is 0 Å². The average Bonchev–Trinajstić information content (AvgIpc) is 1.37. The van der Waals surface area contributed by atoms with Gasteiger partial charge in [-0.25, -0.2) is 0 Å². The molecule has 0 N–H and O–H groups in total. The normalized spacial score (nSPS) is 3.00. The molecule has 0 heterocycles. The molecule has 0 aliphatic carbocycles. The van der Waals surface area contributed by atoms with Crippen LogP contribution < -0.4 is 18.9 Å². The molecule has 0 spiro atoms. The second-order valence-corrected chi connectivity index (χ2v) is 0.854. The van der Waals surface area contributed by atoms with E-state index in [2.05, 4.69) is 13.8 Å². The van der Waals surface area contributed by atoms with Gasteiger partial charge in [-0.15, -0.1) is 49.6 Å². The second-order valence-electron chi connectivity index (χ2n) is 0.854. The van der Waals surface area contributed by atoms with Crippen LogP contribution in [0.25, 0.3) is 0 Å². The van der Waals surface area contributed by atoms with Gasteiger partial charge in [0.05, 0.1) is 0 Å². The van der Waals surface area contributed by atoms with E-state index in [9.17, 15) is 0 Å². The fraction of sp³-hybridized carbons (Fsp3) is 0.750. The summed E-state index contributed by atoms with van der Waals surface area (Å²) in [6, 6.07) is 0. The molecule has 0 saturated heterocycles. The first-order valence-electron chi connectivity index (χ1n) is 1.71. The van der Waals surface area contributed by atoms with Crippen LogP contribution >= 0.6 is 49.6 Å². The third-order valence-corrected chi connectivity index (χ3v) is 0.354. The minimum absolute atomic E-state index is 0. The van der Waals surface area contributed by atoms with Crippen molar-refractivity contribution in [3.8, 4) is 0 Å². The molecule has 6 heteroatoms. The molecule has 0 unspecified atom stereocenters. The van der Waals surface area contributed by atoms with Crippen LogP contribution in [-0.4, -0.2) is 0 Å². The fourth-order valence-corrected chi connectivity index (χ4v) is 0. The average molecular weight is 258 g/mol. The summed E-state index contributed by atoms with van der Waals surface area (Å²) in [4.78, 5) is 0. The summed E-state index contributed by atoms with van der Waals surface area (Å²) < 4.78 is 0. The summed E-state index contributed by atoms with van der Waals surface area (Å²) in [5.74, 6) is 0. The standard InChI is InChI=1S/C4H9.4ClH.Li.Ti/c1-3-4-2;;;;;;/h1,3-4H2,2H3;4*1H;;/q-1;;;;;+1;. The van der Waals surface area contributed by atoms with Gasteiger partial charge in [0.25, 0.3) is 0 Å². The zero-order valence-corrected chi connectivity index (χ0v) is 11.1. The van der Waals surface area contributed by atoms with E-state index in [1.54, 1.807) is 0 Å². The predicted octanol–water partition coefficient (Wildman–Crippen LogP) is 0.309.